The number of benzene rings is 1. The molecule has 22 heavy (non-hydrogen) atoms. The van der Waals surface area contributed by atoms with Crippen LogP contribution in [0.3, 0.4) is 0 Å². The Morgan fingerprint density at radius 2 is 1.86 bits per heavy atom. The van der Waals surface area contributed by atoms with Crippen LogP contribution in [0.2, 0.25) is 0 Å². The van der Waals surface area contributed by atoms with Gasteiger partial charge in [0.05, 0.1) is 5.92 Å². The van der Waals surface area contributed by atoms with E-state index >= 15 is 0 Å². The van der Waals surface area contributed by atoms with Gasteiger partial charge in [0.1, 0.15) is 5.76 Å². The van der Waals surface area contributed by atoms with Crippen molar-refractivity contribution in [2.45, 2.75) is 25.3 Å². The van der Waals surface area contributed by atoms with E-state index in [0.717, 1.165) is 5.56 Å². The first kappa shape index (κ1) is 14.4. The molecule has 0 spiro atoms. The molecule has 0 bridgehead atoms. The number of nitrogens with one attached hydrogen (secondary N) is 1. The summed E-state index contributed by atoms with van der Waals surface area (Å²) in [6, 6.07) is 12.9. The van der Waals surface area contributed by atoms with Crippen LogP contribution in [0, 0.1) is 5.92 Å². The van der Waals surface area contributed by atoms with E-state index in [1.807, 2.05) is 30.3 Å². The molecular weight excluding hydrogens is 282 g/mol. The molecule has 2 atom stereocenters. The first-order valence-electron chi connectivity index (χ1n) is 7.32. The molecule has 1 amide bonds. The molecule has 1 saturated carbocycles. The average Bonchev–Trinajstić information content (AvgIpc) is 3.17. The van der Waals surface area contributed by atoms with Gasteiger partial charge in [-0.25, -0.2) is 0 Å². The summed E-state index contributed by atoms with van der Waals surface area (Å²) in [5, 5.41) is 11.8. The summed E-state index contributed by atoms with van der Waals surface area (Å²) in [7, 11) is 0. The maximum atomic E-state index is 12.2. The van der Waals surface area contributed by atoms with Crippen LogP contribution in [0.25, 0.3) is 11.3 Å². The summed E-state index contributed by atoms with van der Waals surface area (Å²) in [6.07, 6.45) is 1.77. The van der Waals surface area contributed by atoms with Crippen molar-refractivity contribution in [2.75, 3.05) is 0 Å². The number of carboxylic acid groups (broad SMARTS) is 1. The Hall–Kier alpha value is -2.56. The fourth-order valence-corrected chi connectivity index (χ4v) is 2.81. The van der Waals surface area contributed by atoms with Gasteiger partial charge in [0.15, 0.2) is 5.76 Å². The second kappa shape index (κ2) is 6.05. The van der Waals surface area contributed by atoms with E-state index in [2.05, 4.69) is 5.32 Å². The van der Waals surface area contributed by atoms with Crippen LogP contribution in [-0.2, 0) is 4.79 Å². The molecule has 3 rings (SSSR count). The van der Waals surface area contributed by atoms with Crippen LogP contribution in [0.15, 0.2) is 46.9 Å². The van der Waals surface area contributed by atoms with E-state index in [1.54, 1.807) is 12.1 Å². The second-order valence-electron chi connectivity index (χ2n) is 5.55. The number of carbonyl (C=O) groups is 2. The predicted octanol–water partition coefficient (Wildman–Crippen LogP) is 2.93. The van der Waals surface area contributed by atoms with Gasteiger partial charge in [0, 0.05) is 11.6 Å². The maximum Gasteiger partial charge on any atom is 0.306 e. The fourth-order valence-electron chi connectivity index (χ4n) is 2.81. The maximum absolute atomic E-state index is 12.2. The Bertz CT molecular complexity index is 677. The van der Waals surface area contributed by atoms with Crippen molar-refractivity contribution >= 4 is 11.9 Å². The highest BCUT2D eigenvalue weighted by Gasteiger charge is 2.31. The minimum Gasteiger partial charge on any atom is -0.481 e. The Morgan fingerprint density at radius 1 is 1.09 bits per heavy atom. The van der Waals surface area contributed by atoms with Crippen LogP contribution >= 0.6 is 0 Å². The van der Waals surface area contributed by atoms with Gasteiger partial charge in [-0.15, -0.1) is 0 Å². The fraction of sp³-hybridized carbons (Fsp3) is 0.294. The third-order valence-corrected chi connectivity index (χ3v) is 4.01. The first-order valence-corrected chi connectivity index (χ1v) is 7.32. The smallest absolute Gasteiger partial charge is 0.306 e. The molecule has 0 aliphatic heterocycles. The average molecular weight is 299 g/mol. The predicted molar refractivity (Wildman–Crippen MR) is 80.4 cm³/mol. The molecule has 1 aliphatic rings. The van der Waals surface area contributed by atoms with Gasteiger partial charge >= 0.3 is 5.97 Å². The SMILES string of the molecule is O=C(N[C@@H]1CC[C@H](C(=O)O)C1)c1ccc(-c2ccccc2)o1. The molecule has 0 radical (unpaired) electrons. The van der Waals surface area contributed by atoms with Crippen molar-refractivity contribution < 1.29 is 19.1 Å². The molecule has 2 N–H and O–H groups in total. The van der Waals surface area contributed by atoms with Gasteiger partial charge < -0.3 is 14.8 Å². The van der Waals surface area contributed by atoms with Gasteiger partial charge in [0.2, 0.25) is 0 Å². The third kappa shape index (κ3) is 3.03. The Kier molecular flexibility index (Phi) is 3.96. The van der Waals surface area contributed by atoms with Gasteiger partial charge in [0.25, 0.3) is 5.91 Å². The molecular formula is C17H17NO4. The summed E-state index contributed by atoms with van der Waals surface area (Å²) < 4.78 is 5.59. The summed E-state index contributed by atoms with van der Waals surface area (Å²) in [6.45, 7) is 0. The quantitative estimate of drug-likeness (QED) is 0.909. The first-order chi connectivity index (χ1) is 10.6. The number of carbonyl (C=O) groups excluding carboxylic acids is 1. The van der Waals surface area contributed by atoms with Gasteiger partial charge in [-0.1, -0.05) is 30.3 Å². The molecule has 114 valence electrons. The van der Waals surface area contributed by atoms with Gasteiger partial charge in [-0.3, -0.25) is 9.59 Å². The lowest BCUT2D eigenvalue weighted by molar-refractivity contribution is -0.141. The lowest BCUT2D eigenvalue weighted by atomic mass is 10.1. The highest BCUT2D eigenvalue weighted by Crippen LogP contribution is 2.26. The summed E-state index contributed by atoms with van der Waals surface area (Å²) >= 11 is 0. The van der Waals surface area contributed by atoms with Crippen LogP contribution in [0.5, 0.6) is 0 Å². The molecule has 1 aromatic carbocycles. The topological polar surface area (TPSA) is 79.5 Å². The van der Waals surface area contributed by atoms with E-state index in [1.165, 1.54) is 0 Å². The minimum atomic E-state index is -0.791. The van der Waals surface area contributed by atoms with Gasteiger partial charge in [-0.2, -0.15) is 0 Å². The zero-order valence-electron chi connectivity index (χ0n) is 12.0. The van der Waals surface area contributed by atoms with Crippen molar-refractivity contribution in [3.63, 3.8) is 0 Å². The van der Waals surface area contributed by atoms with Crippen LogP contribution in [0.1, 0.15) is 29.8 Å². The van der Waals surface area contributed by atoms with Crippen LogP contribution in [0.4, 0.5) is 0 Å². The molecule has 1 fully saturated rings. The summed E-state index contributed by atoms with van der Waals surface area (Å²) in [5.74, 6) is -0.556. The number of hydrogen-bond acceptors (Lipinski definition) is 3. The van der Waals surface area contributed by atoms with E-state index in [-0.39, 0.29) is 23.6 Å². The summed E-state index contributed by atoms with van der Waals surface area (Å²) in [4.78, 5) is 23.1. The van der Waals surface area contributed by atoms with E-state index in [0.29, 0.717) is 25.0 Å². The van der Waals surface area contributed by atoms with Crippen molar-refractivity contribution in [1.82, 2.24) is 5.32 Å². The Balaban J connectivity index is 1.64. The van der Waals surface area contributed by atoms with Crippen molar-refractivity contribution in [1.29, 1.82) is 0 Å². The lowest BCUT2D eigenvalue weighted by Gasteiger charge is -2.10. The number of aliphatic carboxylic acids is 1. The van der Waals surface area contributed by atoms with E-state index in [4.69, 9.17) is 9.52 Å². The Morgan fingerprint density at radius 3 is 2.55 bits per heavy atom. The molecule has 0 saturated heterocycles. The van der Waals surface area contributed by atoms with Crippen molar-refractivity contribution in [2.24, 2.45) is 5.92 Å². The zero-order chi connectivity index (χ0) is 15.5. The molecule has 2 aromatic rings. The number of furan rings is 1. The van der Waals surface area contributed by atoms with Crippen molar-refractivity contribution in [3.05, 3.63) is 48.2 Å². The molecule has 1 heterocycles. The molecule has 5 heteroatoms. The monoisotopic (exact) mass is 299 g/mol. The largest absolute Gasteiger partial charge is 0.481 e. The van der Waals surface area contributed by atoms with Gasteiger partial charge in [-0.05, 0) is 31.4 Å². The molecule has 0 unspecified atom stereocenters. The highest BCUT2D eigenvalue weighted by atomic mass is 16.4. The number of rotatable bonds is 4. The highest BCUT2D eigenvalue weighted by molar-refractivity contribution is 5.92. The number of carboxylic acids is 1. The van der Waals surface area contributed by atoms with E-state index < -0.39 is 5.97 Å². The zero-order valence-corrected chi connectivity index (χ0v) is 12.0. The van der Waals surface area contributed by atoms with Crippen LogP contribution in [-0.4, -0.2) is 23.0 Å². The summed E-state index contributed by atoms with van der Waals surface area (Å²) in [5.41, 5.74) is 0.911. The lowest BCUT2D eigenvalue weighted by Crippen LogP contribution is -2.33. The standard InChI is InChI=1S/C17H17NO4/c19-16(18-13-7-6-12(10-13)17(20)21)15-9-8-14(22-15)11-4-2-1-3-5-11/h1-5,8-9,12-13H,6-7,10H2,(H,18,19)(H,20,21)/t12-,13+/m0/s1. The van der Waals surface area contributed by atoms with Crippen LogP contribution < -0.4 is 5.32 Å². The Labute approximate surface area is 127 Å². The normalized spacial score (nSPS) is 20.7. The molecule has 1 aliphatic carbocycles. The third-order valence-electron chi connectivity index (χ3n) is 4.01. The minimum absolute atomic E-state index is 0.0983. The van der Waals surface area contributed by atoms with Crippen molar-refractivity contribution in [3.8, 4) is 11.3 Å². The number of amides is 1. The van der Waals surface area contributed by atoms with E-state index in [9.17, 15) is 9.59 Å². The number of hydrogen-bond donors (Lipinski definition) is 2. The second-order valence-corrected chi connectivity index (χ2v) is 5.55. The molecule has 1 aromatic heterocycles. The molecule has 5 nitrogen and oxygen atoms in total.